The van der Waals surface area contributed by atoms with E-state index in [9.17, 15) is 18.4 Å². The molecule has 2 amide bonds. The number of rotatable bonds is 9. The fourth-order valence-electron chi connectivity index (χ4n) is 3.84. The zero-order valence-electron chi connectivity index (χ0n) is 18.4. The maximum atomic E-state index is 13.6. The summed E-state index contributed by atoms with van der Waals surface area (Å²) in [7, 11) is 0. The van der Waals surface area contributed by atoms with Crippen LogP contribution >= 0.6 is 0 Å². The van der Waals surface area contributed by atoms with E-state index in [0.29, 0.717) is 51.1 Å². The molecule has 7 heteroatoms. The highest BCUT2D eigenvalue weighted by molar-refractivity contribution is 5.82. The third-order valence-corrected chi connectivity index (χ3v) is 5.77. The maximum Gasteiger partial charge on any atom is 0.227 e. The van der Waals surface area contributed by atoms with Gasteiger partial charge in [-0.2, -0.15) is 0 Å². The third kappa shape index (κ3) is 7.12. The summed E-state index contributed by atoms with van der Waals surface area (Å²) in [5.41, 5.74) is 1.56. The van der Waals surface area contributed by atoms with Gasteiger partial charge in [0.15, 0.2) is 0 Å². The summed E-state index contributed by atoms with van der Waals surface area (Å²) < 4.78 is 32.3. The van der Waals surface area contributed by atoms with Crippen LogP contribution in [0.5, 0.6) is 0 Å². The second-order valence-electron chi connectivity index (χ2n) is 8.28. The van der Waals surface area contributed by atoms with E-state index >= 15 is 0 Å². The standard InChI is InChI=1S/C25H30F2N2O3/c1-18(8-9-19-4-2-6-22(26)15-19)24(30)28-17-21(14-20-5-3-7-23(27)16-20)25(31)29-10-12-32-13-11-29/h2-7,15-16,18,21H,8-14,17H2,1H3,(H,28,30). The molecule has 0 radical (unpaired) electrons. The van der Waals surface area contributed by atoms with Crippen LogP contribution in [-0.2, 0) is 27.2 Å². The number of hydrogen-bond acceptors (Lipinski definition) is 3. The molecule has 0 aromatic heterocycles. The van der Waals surface area contributed by atoms with Crippen LogP contribution < -0.4 is 5.32 Å². The van der Waals surface area contributed by atoms with Crippen LogP contribution in [0, 0.1) is 23.5 Å². The zero-order chi connectivity index (χ0) is 22.9. The highest BCUT2D eigenvalue weighted by Crippen LogP contribution is 2.16. The Balaban J connectivity index is 1.58. The third-order valence-electron chi connectivity index (χ3n) is 5.77. The summed E-state index contributed by atoms with van der Waals surface area (Å²) in [6.07, 6.45) is 1.50. The van der Waals surface area contributed by atoms with Gasteiger partial charge in [-0.3, -0.25) is 9.59 Å². The second kappa shape index (κ2) is 11.7. The first-order valence-electron chi connectivity index (χ1n) is 11.1. The van der Waals surface area contributed by atoms with E-state index in [4.69, 9.17) is 4.74 Å². The van der Waals surface area contributed by atoms with E-state index in [1.165, 1.54) is 24.3 Å². The average Bonchev–Trinajstić information content (AvgIpc) is 2.80. The molecule has 172 valence electrons. The monoisotopic (exact) mass is 444 g/mol. The lowest BCUT2D eigenvalue weighted by Crippen LogP contribution is -2.47. The Kier molecular flexibility index (Phi) is 8.73. The van der Waals surface area contributed by atoms with Crippen molar-refractivity contribution in [3.05, 3.63) is 71.3 Å². The van der Waals surface area contributed by atoms with Crippen LogP contribution in [0.25, 0.3) is 0 Å². The molecule has 2 aromatic rings. The van der Waals surface area contributed by atoms with Gasteiger partial charge in [0, 0.05) is 25.6 Å². The van der Waals surface area contributed by atoms with Crippen molar-refractivity contribution in [3.8, 4) is 0 Å². The van der Waals surface area contributed by atoms with E-state index in [2.05, 4.69) is 5.32 Å². The van der Waals surface area contributed by atoms with Crippen LogP contribution in [0.15, 0.2) is 48.5 Å². The molecule has 1 aliphatic heterocycles. The van der Waals surface area contributed by atoms with E-state index < -0.39 is 5.92 Å². The number of carbonyl (C=O) groups is 2. The van der Waals surface area contributed by atoms with Crippen LogP contribution in [0.3, 0.4) is 0 Å². The van der Waals surface area contributed by atoms with Crippen molar-refractivity contribution >= 4 is 11.8 Å². The lowest BCUT2D eigenvalue weighted by Gasteiger charge is -2.31. The average molecular weight is 445 g/mol. The number of nitrogens with zero attached hydrogens (tertiary/aromatic N) is 1. The lowest BCUT2D eigenvalue weighted by molar-refractivity contribution is -0.139. The Morgan fingerprint density at radius 1 is 1.03 bits per heavy atom. The molecule has 0 bridgehead atoms. The Morgan fingerprint density at radius 3 is 2.31 bits per heavy atom. The minimum absolute atomic E-state index is 0.0646. The van der Waals surface area contributed by atoms with E-state index in [1.807, 2.05) is 13.0 Å². The fraction of sp³-hybridized carbons (Fsp3) is 0.440. The number of aryl methyl sites for hydroxylation is 1. The van der Waals surface area contributed by atoms with Crippen molar-refractivity contribution in [2.24, 2.45) is 11.8 Å². The number of carbonyl (C=O) groups excluding carboxylic acids is 2. The first kappa shape index (κ1) is 23.9. The number of ether oxygens (including phenoxy) is 1. The molecule has 1 N–H and O–H groups in total. The van der Waals surface area contributed by atoms with Gasteiger partial charge in [0.2, 0.25) is 11.8 Å². The Morgan fingerprint density at radius 2 is 1.66 bits per heavy atom. The summed E-state index contributed by atoms with van der Waals surface area (Å²) in [5, 5.41) is 2.90. The number of hydrogen-bond donors (Lipinski definition) is 1. The topological polar surface area (TPSA) is 58.6 Å². The number of halogens is 2. The predicted octanol–water partition coefficient (Wildman–Crippen LogP) is 3.37. The fourth-order valence-corrected chi connectivity index (χ4v) is 3.84. The van der Waals surface area contributed by atoms with E-state index in [-0.39, 0.29) is 35.9 Å². The molecule has 0 aliphatic carbocycles. The Bertz CT molecular complexity index is 916. The SMILES string of the molecule is CC(CCc1cccc(F)c1)C(=O)NCC(Cc1cccc(F)c1)C(=O)N1CCOCC1. The van der Waals surface area contributed by atoms with Gasteiger partial charge in [0.05, 0.1) is 19.1 Å². The van der Waals surface area contributed by atoms with Crippen LogP contribution in [0.4, 0.5) is 8.78 Å². The van der Waals surface area contributed by atoms with Crippen molar-refractivity contribution in [2.45, 2.75) is 26.2 Å². The summed E-state index contributed by atoms with van der Waals surface area (Å²) in [4.78, 5) is 27.5. The van der Waals surface area contributed by atoms with Gasteiger partial charge in [-0.05, 0) is 54.7 Å². The molecule has 5 nitrogen and oxygen atoms in total. The van der Waals surface area contributed by atoms with Crippen molar-refractivity contribution in [2.75, 3.05) is 32.8 Å². The summed E-state index contributed by atoms with van der Waals surface area (Å²) in [6, 6.07) is 12.5. The van der Waals surface area contributed by atoms with Crippen molar-refractivity contribution in [1.29, 1.82) is 0 Å². The van der Waals surface area contributed by atoms with Crippen LogP contribution in [0.1, 0.15) is 24.5 Å². The largest absolute Gasteiger partial charge is 0.378 e. The second-order valence-corrected chi connectivity index (χ2v) is 8.28. The van der Waals surface area contributed by atoms with Gasteiger partial charge >= 0.3 is 0 Å². The molecule has 1 fully saturated rings. The quantitative estimate of drug-likeness (QED) is 0.645. The first-order valence-corrected chi connectivity index (χ1v) is 11.1. The summed E-state index contributed by atoms with van der Waals surface area (Å²) in [6.45, 7) is 3.99. The molecule has 3 rings (SSSR count). The molecule has 1 saturated heterocycles. The van der Waals surface area contributed by atoms with Crippen LogP contribution in [-0.4, -0.2) is 49.6 Å². The zero-order valence-corrected chi connectivity index (χ0v) is 18.4. The molecular weight excluding hydrogens is 414 g/mol. The number of benzene rings is 2. The lowest BCUT2D eigenvalue weighted by atomic mass is 9.96. The molecule has 0 spiro atoms. The van der Waals surface area contributed by atoms with Gasteiger partial charge < -0.3 is 15.0 Å². The molecule has 2 atom stereocenters. The Hall–Kier alpha value is -2.80. The van der Waals surface area contributed by atoms with Crippen molar-refractivity contribution in [1.82, 2.24) is 10.2 Å². The number of amides is 2. The highest BCUT2D eigenvalue weighted by Gasteiger charge is 2.27. The van der Waals surface area contributed by atoms with Gasteiger partial charge in [0.1, 0.15) is 11.6 Å². The smallest absolute Gasteiger partial charge is 0.227 e. The van der Waals surface area contributed by atoms with Gasteiger partial charge in [-0.15, -0.1) is 0 Å². The van der Waals surface area contributed by atoms with Crippen molar-refractivity contribution < 1.29 is 23.1 Å². The molecule has 1 heterocycles. The number of morpholine rings is 1. The van der Waals surface area contributed by atoms with Crippen LogP contribution in [0.2, 0.25) is 0 Å². The minimum atomic E-state index is -0.491. The predicted molar refractivity (Wildman–Crippen MR) is 118 cm³/mol. The summed E-state index contributed by atoms with van der Waals surface area (Å²) >= 11 is 0. The molecule has 1 aliphatic rings. The first-order chi connectivity index (χ1) is 15.4. The van der Waals surface area contributed by atoms with E-state index in [0.717, 1.165) is 5.56 Å². The normalized spacial score (nSPS) is 15.8. The molecule has 32 heavy (non-hydrogen) atoms. The van der Waals surface area contributed by atoms with Crippen molar-refractivity contribution in [3.63, 3.8) is 0 Å². The highest BCUT2D eigenvalue weighted by atomic mass is 19.1. The number of nitrogens with one attached hydrogen (secondary N) is 1. The maximum absolute atomic E-state index is 13.6. The van der Waals surface area contributed by atoms with Gasteiger partial charge in [-0.25, -0.2) is 8.78 Å². The van der Waals surface area contributed by atoms with Gasteiger partial charge in [-0.1, -0.05) is 31.2 Å². The van der Waals surface area contributed by atoms with E-state index in [1.54, 1.807) is 23.1 Å². The van der Waals surface area contributed by atoms with Gasteiger partial charge in [0.25, 0.3) is 0 Å². The summed E-state index contributed by atoms with van der Waals surface area (Å²) in [5.74, 6) is -1.64. The molecule has 2 aromatic carbocycles. The molecule has 0 saturated carbocycles. The molecule has 2 unspecified atom stereocenters. The minimum Gasteiger partial charge on any atom is -0.378 e. The Labute approximate surface area is 187 Å². The molecular formula is C25H30F2N2O3.